The molecule has 2 aromatic rings. The number of carbonyl (C=O) groups excluding carboxylic acids is 1. The summed E-state index contributed by atoms with van der Waals surface area (Å²) in [6.07, 6.45) is -2.53. The van der Waals surface area contributed by atoms with Crippen molar-refractivity contribution >= 4 is 23.3 Å². The van der Waals surface area contributed by atoms with E-state index in [1.165, 1.54) is 4.68 Å². The van der Waals surface area contributed by atoms with Crippen LogP contribution in [0, 0.1) is 10.1 Å². The summed E-state index contributed by atoms with van der Waals surface area (Å²) in [5, 5.41) is 21.9. The molecule has 0 unspecified atom stereocenters. The number of nitrogens with zero attached hydrogens (tertiary/aromatic N) is 4. The van der Waals surface area contributed by atoms with Crippen LogP contribution in [0.4, 0.5) is 19.0 Å². The highest BCUT2D eigenvalue weighted by Crippen LogP contribution is 2.42. The molecule has 2 heterocycles. The van der Waals surface area contributed by atoms with E-state index in [4.69, 9.17) is 11.6 Å². The Morgan fingerprint density at radius 1 is 1.48 bits per heavy atom. The van der Waals surface area contributed by atoms with E-state index in [-0.39, 0.29) is 24.7 Å². The maximum absolute atomic E-state index is 12.8. The Labute approximate surface area is 155 Å². The highest BCUT2D eigenvalue weighted by atomic mass is 35.5. The van der Waals surface area contributed by atoms with Gasteiger partial charge in [-0.25, -0.2) is 0 Å². The zero-order valence-electron chi connectivity index (χ0n) is 13.7. The largest absolute Gasteiger partial charge is 0.435 e. The molecule has 1 aliphatic carbocycles. The molecule has 1 fully saturated rings. The molecule has 0 aliphatic heterocycles. The van der Waals surface area contributed by atoms with Crippen LogP contribution in [-0.4, -0.2) is 37.4 Å². The lowest BCUT2D eigenvalue weighted by Crippen LogP contribution is -2.26. The van der Waals surface area contributed by atoms with Gasteiger partial charge in [-0.3, -0.25) is 9.48 Å². The van der Waals surface area contributed by atoms with Gasteiger partial charge in [0.15, 0.2) is 16.4 Å². The first-order valence-corrected chi connectivity index (χ1v) is 8.37. The minimum absolute atomic E-state index is 0.0894. The number of carbonyl (C=O) groups is 1. The highest BCUT2D eigenvalue weighted by molar-refractivity contribution is 6.35. The molecule has 2 aromatic heterocycles. The predicted molar refractivity (Wildman–Crippen MR) is 86.4 cm³/mol. The van der Waals surface area contributed by atoms with Crippen LogP contribution >= 0.6 is 11.6 Å². The van der Waals surface area contributed by atoms with E-state index in [2.05, 4.69) is 20.6 Å². The molecule has 146 valence electrons. The first kappa shape index (κ1) is 19.1. The smallest absolute Gasteiger partial charge is 0.358 e. The van der Waals surface area contributed by atoms with Crippen molar-refractivity contribution in [3.8, 4) is 0 Å². The molecule has 1 amide bonds. The fraction of sp³-hybridized carbons (Fsp3) is 0.500. The molecule has 0 spiro atoms. The number of amides is 1. The predicted octanol–water partition coefficient (Wildman–Crippen LogP) is 2.88. The van der Waals surface area contributed by atoms with E-state index in [9.17, 15) is 28.1 Å². The molecule has 2 N–H and O–H groups in total. The number of nitrogens with one attached hydrogen (secondary N) is 2. The topological polar surface area (TPSA) is 119 Å². The zero-order valence-corrected chi connectivity index (χ0v) is 14.5. The Bertz CT molecular complexity index is 874. The van der Waals surface area contributed by atoms with Gasteiger partial charge < -0.3 is 15.4 Å². The number of halogens is 4. The molecular formula is C14H14ClF3N6O3. The SMILES string of the molecule is O=C(NCCCn1nc(C(F)(F)F)cc1C1CC1)c1n[nH]c([N+](=O)[O-])c1Cl. The summed E-state index contributed by atoms with van der Waals surface area (Å²) in [7, 11) is 0. The summed E-state index contributed by atoms with van der Waals surface area (Å²) >= 11 is 5.71. The van der Waals surface area contributed by atoms with Crippen molar-refractivity contribution in [3.63, 3.8) is 0 Å². The standard InChI is InChI=1S/C14H14ClF3N6O3/c15-10-11(20-21-12(10)24(26)27)13(25)19-4-1-5-23-8(7-2-3-7)6-9(22-23)14(16,17)18/h6-7H,1-5H2,(H,19,25)(H,20,21). The molecule has 0 atom stereocenters. The summed E-state index contributed by atoms with van der Waals surface area (Å²) in [4.78, 5) is 21.8. The van der Waals surface area contributed by atoms with Crippen molar-refractivity contribution in [2.45, 2.75) is 37.9 Å². The van der Waals surface area contributed by atoms with E-state index in [1.54, 1.807) is 0 Å². The van der Waals surface area contributed by atoms with E-state index < -0.39 is 33.5 Å². The third-order valence-corrected chi connectivity index (χ3v) is 4.37. The van der Waals surface area contributed by atoms with Gasteiger partial charge in [-0.15, -0.1) is 5.10 Å². The number of hydrogen-bond acceptors (Lipinski definition) is 5. The molecule has 1 saturated carbocycles. The molecule has 13 heteroatoms. The molecule has 1 aliphatic rings. The maximum atomic E-state index is 12.8. The lowest BCUT2D eigenvalue weighted by Gasteiger charge is -2.07. The lowest BCUT2D eigenvalue weighted by molar-refractivity contribution is -0.389. The minimum Gasteiger partial charge on any atom is -0.358 e. The molecule has 3 rings (SSSR count). The van der Waals surface area contributed by atoms with Gasteiger partial charge in [0, 0.05) is 24.7 Å². The third-order valence-electron chi connectivity index (χ3n) is 4.02. The van der Waals surface area contributed by atoms with E-state index in [0.29, 0.717) is 12.1 Å². The van der Waals surface area contributed by atoms with Crippen LogP contribution in [0.15, 0.2) is 6.07 Å². The van der Waals surface area contributed by atoms with Crippen molar-refractivity contribution in [2.24, 2.45) is 0 Å². The number of H-pyrrole nitrogens is 1. The zero-order chi connectivity index (χ0) is 19.8. The quantitative estimate of drug-likeness (QED) is 0.416. The monoisotopic (exact) mass is 406 g/mol. The van der Waals surface area contributed by atoms with Gasteiger partial charge in [-0.05, 0) is 30.3 Å². The third kappa shape index (κ3) is 4.21. The van der Waals surface area contributed by atoms with E-state index in [0.717, 1.165) is 18.9 Å². The van der Waals surface area contributed by atoms with Gasteiger partial charge in [0.25, 0.3) is 5.91 Å². The van der Waals surface area contributed by atoms with Crippen LogP contribution in [0.1, 0.15) is 47.1 Å². The number of aryl methyl sites for hydroxylation is 1. The highest BCUT2D eigenvalue weighted by Gasteiger charge is 2.37. The Kier molecular flexibility index (Phi) is 5.09. The first-order valence-electron chi connectivity index (χ1n) is 8.00. The normalized spacial score (nSPS) is 14.4. The number of aromatic amines is 1. The maximum Gasteiger partial charge on any atom is 0.435 e. The van der Waals surface area contributed by atoms with E-state index in [1.807, 2.05) is 0 Å². The van der Waals surface area contributed by atoms with Crippen LogP contribution in [0.25, 0.3) is 0 Å². The summed E-state index contributed by atoms with van der Waals surface area (Å²) in [5.41, 5.74) is -0.704. The molecule has 0 aromatic carbocycles. The van der Waals surface area contributed by atoms with E-state index >= 15 is 0 Å². The number of nitro groups is 1. The molecule has 0 radical (unpaired) electrons. The second kappa shape index (κ2) is 7.18. The average Bonchev–Trinajstić information content (AvgIpc) is 3.20. The first-order chi connectivity index (χ1) is 12.7. The molecule has 0 saturated heterocycles. The number of alkyl halides is 3. The summed E-state index contributed by atoms with van der Waals surface area (Å²) in [5.74, 6) is -1.22. The van der Waals surface area contributed by atoms with Gasteiger partial charge in [0.2, 0.25) is 0 Å². The molecule has 0 bridgehead atoms. The van der Waals surface area contributed by atoms with Crippen molar-refractivity contribution in [1.82, 2.24) is 25.3 Å². The van der Waals surface area contributed by atoms with Gasteiger partial charge in [-0.1, -0.05) is 16.7 Å². The summed E-state index contributed by atoms with van der Waals surface area (Å²) in [6, 6.07) is 1.07. The Morgan fingerprint density at radius 3 is 2.74 bits per heavy atom. The van der Waals surface area contributed by atoms with Gasteiger partial charge in [0.1, 0.15) is 0 Å². The molecule has 27 heavy (non-hydrogen) atoms. The fourth-order valence-corrected chi connectivity index (χ4v) is 2.80. The Hall–Kier alpha value is -2.63. The average molecular weight is 407 g/mol. The second-order valence-corrected chi connectivity index (χ2v) is 6.43. The van der Waals surface area contributed by atoms with Gasteiger partial charge in [-0.2, -0.15) is 18.3 Å². The van der Waals surface area contributed by atoms with Crippen molar-refractivity contribution in [1.29, 1.82) is 0 Å². The fourth-order valence-electron chi connectivity index (χ4n) is 2.56. The number of aromatic nitrogens is 4. The summed E-state index contributed by atoms with van der Waals surface area (Å²) < 4.78 is 39.8. The molecule has 9 nitrogen and oxygen atoms in total. The van der Waals surface area contributed by atoms with Crippen LogP contribution in [0.5, 0.6) is 0 Å². The van der Waals surface area contributed by atoms with Gasteiger partial charge in [0.05, 0.1) is 0 Å². The Balaban J connectivity index is 1.57. The lowest BCUT2D eigenvalue weighted by atomic mass is 10.2. The Morgan fingerprint density at radius 2 is 2.19 bits per heavy atom. The second-order valence-electron chi connectivity index (χ2n) is 6.05. The minimum atomic E-state index is -4.51. The molecular weight excluding hydrogens is 393 g/mol. The van der Waals surface area contributed by atoms with Crippen molar-refractivity contribution in [3.05, 3.63) is 38.3 Å². The van der Waals surface area contributed by atoms with Crippen molar-refractivity contribution < 1.29 is 22.9 Å². The van der Waals surface area contributed by atoms with Crippen LogP contribution < -0.4 is 5.32 Å². The van der Waals surface area contributed by atoms with Crippen LogP contribution in [0.2, 0.25) is 5.02 Å². The van der Waals surface area contributed by atoms with Gasteiger partial charge >= 0.3 is 12.0 Å². The number of rotatable bonds is 7. The van der Waals surface area contributed by atoms with Crippen LogP contribution in [-0.2, 0) is 12.7 Å². The number of hydrogen-bond donors (Lipinski definition) is 2. The summed E-state index contributed by atoms with van der Waals surface area (Å²) in [6.45, 7) is 0.303. The van der Waals surface area contributed by atoms with Crippen molar-refractivity contribution in [2.75, 3.05) is 6.54 Å². The van der Waals surface area contributed by atoms with Crippen LogP contribution in [0.3, 0.4) is 0 Å².